The van der Waals surface area contributed by atoms with Gasteiger partial charge < -0.3 is 4.42 Å². The number of hydrogen-bond acceptors (Lipinski definition) is 3. The van der Waals surface area contributed by atoms with Crippen molar-refractivity contribution in [2.45, 2.75) is 6.92 Å². The van der Waals surface area contributed by atoms with Crippen LogP contribution in [0.15, 0.2) is 35.2 Å². The van der Waals surface area contributed by atoms with Gasteiger partial charge in [-0.1, -0.05) is 0 Å². The fourth-order valence-electron chi connectivity index (χ4n) is 1.75. The Bertz CT molecular complexity index is 595. The van der Waals surface area contributed by atoms with Gasteiger partial charge in [0.1, 0.15) is 5.76 Å². The Labute approximate surface area is 85.9 Å². The van der Waals surface area contributed by atoms with Gasteiger partial charge in [0.15, 0.2) is 0 Å². The molecule has 3 rings (SSSR count). The number of pyridine rings is 1. The molecule has 1 N–H and O–H groups in total. The van der Waals surface area contributed by atoms with Crippen LogP contribution in [0.4, 0.5) is 0 Å². The summed E-state index contributed by atoms with van der Waals surface area (Å²) >= 11 is 0. The predicted octanol–water partition coefficient (Wildman–Crippen LogP) is 2.53. The van der Waals surface area contributed by atoms with Crippen molar-refractivity contribution in [3.8, 4) is 11.3 Å². The van der Waals surface area contributed by atoms with Crippen LogP contribution in [0.3, 0.4) is 0 Å². The highest BCUT2D eigenvalue weighted by Gasteiger charge is 2.10. The number of hydrogen-bond donors (Lipinski definition) is 1. The third-order valence-corrected chi connectivity index (χ3v) is 2.44. The maximum atomic E-state index is 5.37. The zero-order chi connectivity index (χ0) is 10.3. The van der Waals surface area contributed by atoms with E-state index in [0.717, 1.165) is 27.9 Å². The molecule has 0 atom stereocenters. The number of aromatic amines is 1. The van der Waals surface area contributed by atoms with Crippen LogP contribution < -0.4 is 0 Å². The van der Waals surface area contributed by atoms with Gasteiger partial charge in [0, 0.05) is 17.1 Å². The Morgan fingerprint density at radius 1 is 1.33 bits per heavy atom. The normalized spacial score (nSPS) is 11.0. The average Bonchev–Trinajstić information content (AvgIpc) is 2.88. The second-order valence-electron chi connectivity index (χ2n) is 3.40. The summed E-state index contributed by atoms with van der Waals surface area (Å²) in [6, 6.07) is 3.78. The van der Waals surface area contributed by atoms with Crippen molar-refractivity contribution >= 4 is 10.9 Å². The Morgan fingerprint density at radius 2 is 2.27 bits per heavy atom. The molecule has 0 bridgehead atoms. The van der Waals surface area contributed by atoms with E-state index < -0.39 is 0 Å². The Kier molecular flexibility index (Phi) is 1.62. The molecule has 3 aromatic heterocycles. The maximum absolute atomic E-state index is 5.37. The fraction of sp³-hybridized carbons (Fsp3) is 0.0909. The molecule has 0 spiro atoms. The lowest BCUT2D eigenvalue weighted by molar-refractivity contribution is 0.582. The van der Waals surface area contributed by atoms with Crippen molar-refractivity contribution in [1.82, 2.24) is 15.2 Å². The summed E-state index contributed by atoms with van der Waals surface area (Å²) in [5.41, 5.74) is 2.86. The highest BCUT2D eigenvalue weighted by molar-refractivity contribution is 5.94. The lowest BCUT2D eigenvalue weighted by Crippen LogP contribution is -1.81. The molecule has 0 aliphatic rings. The average molecular weight is 199 g/mol. The van der Waals surface area contributed by atoms with Crippen LogP contribution in [0.1, 0.15) is 5.69 Å². The molecule has 0 saturated heterocycles. The van der Waals surface area contributed by atoms with Crippen molar-refractivity contribution in [2.75, 3.05) is 0 Å². The van der Waals surface area contributed by atoms with Crippen molar-refractivity contribution in [2.24, 2.45) is 0 Å². The van der Waals surface area contributed by atoms with Crippen LogP contribution in [-0.2, 0) is 0 Å². The van der Waals surface area contributed by atoms with E-state index in [0.29, 0.717) is 0 Å². The van der Waals surface area contributed by atoms with E-state index in [-0.39, 0.29) is 0 Å². The topological polar surface area (TPSA) is 54.7 Å². The standard InChI is InChI=1S/C11H9N3O/c1-7-11-8(10-3-2-4-15-10)5-12-6-9(11)14-13-7/h2-6H,1H3,(H,13,14). The predicted molar refractivity (Wildman–Crippen MR) is 56.3 cm³/mol. The lowest BCUT2D eigenvalue weighted by Gasteiger charge is -1.98. The van der Waals surface area contributed by atoms with Crippen molar-refractivity contribution in [3.05, 3.63) is 36.5 Å². The van der Waals surface area contributed by atoms with Gasteiger partial charge in [-0.15, -0.1) is 0 Å². The van der Waals surface area contributed by atoms with Crippen molar-refractivity contribution in [1.29, 1.82) is 0 Å². The molecule has 4 heteroatoms. The summed E-state index contributed by atoms with van der Waals surface area (Å²) < 4.78 is 5.37. The molecule has 4 nitrogen and oxygen atoms in total. The van der Waals surface area contributed by atoms with Crippen LogP contribution >= 0.6 is 0 Å². The van der Waals surface area contributed by atoms with Gasteiger partial charge in [-0.05, 0) is 19.1 Å². The zero-order valence-corrected chi connectivity index (χ0v) is 8.19. The molecule has 0 fully saturated rings. The second kappa shape index (κ2) is 2.95. The van der Waals surface area contributed by atoms with Gasteiger partial charge in [-0.25, -0.2) is 0 Å². The largest absolute Gasteiger partial charge is 0.464 e. The summed E-state index contributed by atoms with van der Waals surface area (Å²) in [4.78, 5) is 4.15. The minimum absolute atomic E-state index is 0.817. The fourth-order valence-corrected chi connectivity index (χ4v) is 1.75. The van der Waals surface area contributed by atoms with Gasteiger partial charge in [0.2, 0.25) is 0 Å². The third-order valence-electron chi connectivity index (χ3n) is 2.44. The number of nitrogens with one attached hydrogen (secondary N) is 1. The molecule has 0 unspecified atom stereocenters. The van der Waals surface area contributed by atoms with E-state index in [1.54, 1.807) is 18.7 Å². The number of fused-ring (bicyclic) bond motifs is 1. The number of H-pyrrole nitrogens is 1. The SMILES string of the molecule is Cc1n[nH]c2cncc(-c3ccco3)c12. The van der Waals surface area contributed by atoms with Crippen molar-refractivity contribution < 1.29 is 4.42 Å². The van der Waals surface area contributed by atoms with Crippen LogP contribution in [0.25, 0.3) is 22.2 Å². The Balaban J connectivity index is 2.39. The van der Waals surface area contributed by atoms with E-state index in [9.17, 15) is 0 Å². The van der Waals surface area contributed by atoms with Crippen LogP contribution in [0.2, 0.25) is 0 Å². The molecule has 3 heterocycles. The molecule has 0 saturated carbocycles. The Hall–Kier alpha value is -2.10. The zero-order valence-electron chi connectivity index (χ0n) is 8.19. The molecular weight excluding hydrogens is 190 g/mol. The van der Waals surface area contributed by atoms with Crippen LogP contribution in [0, 0.1) is 6.92 Å². The summed E-state index contributed by atoms with van der Waals surface area (Å²) in [5, 5.41) is 8.17. The van der Waals surface area contributed by atoms with Gasteiger partial charge in [-0.3, -0.25) is 10.1 Å². The van der Waals surface area contributed by atoms with E-state index in [1.807, 2.05) is 19.1 Å². The minimum Gasteiger partial charge on any atom is -0.464 e. The first-order valence-electron chi connectivity index (χ1n) is 4.69. The number of aryl methyl sites for hydroxylation is 1. The first-order valence-corrected chi connectivity index (χ1v) is 4.69. The molecule has 0 aliphatic carbocycles. The number of rotatable bonds is 1. The number of nitrogens with zero attached hydrogens (tertiary/aromatic N) is 2. The molecule has 0 amide bonds. The van der Waals surface area contributed by atoms with E-state index in [4.69, 9.17) is 4.42 Å². The molecule has 15 heavy (non-hydrogen) atoms. The Morgan fingerprint density at radius 3 is 3.07 bits per heavy atom. The molecule has 3 aromatic rings. The molecule has 0 radical (unpaired) electrons. The number of aromatic nitrogens is 3. The monoisotopic (exact) mass is 199 g/mol. The van der Waals surface area contributed by atoms with Gasteiger partial charge in [-0.2, -0.15) is 5.10 Å². The number of furan rings is 1. The smallest absolute Gasteiger partial charge is 0.136 e. The third kappa shape index (κ3) is 1.15. The summed E-state index contributed by atoms with van der Waals surface area (Å²) in [6.45, 7) is 1.96. The first-order chi connectivity index (χ1) is 7.36. The quantitative estimate of drug-likeness (QED) is 0.655. The summed E-state index contributed by atoms with van der Waals surface area (Å²) in [7, 11) is 0. The van der Waals surface area contributed by atoms with Crippen LogP contribution in [-0.4, -0.2) is 15.2 Å². The summed E-state index contributed by atoms with van der Waals surface area (Å²) in [5.74, 6) is 0.817. The minimum atomic E-state index is 0.817. The molecule has 0 aliphatic heterocycles. The van der Waals surface area contributed by atoms with Gasteiger partial charge in [0.25, 0.3) is 0 Å². The van der Waals surface area contributed by atoms with Gasteiger partial charge in [0.05, 0.1) is 23.7 Å². The molecule has 0 aromatic carbocycles. The highest BCUT2D eigenvalue weighted by atomic mass is 16.3. The van der Waals surface area contributed by atoms with E-state index in [2.05, 4.69) is 15.2 Å². The van der Waals surface area contributed by atoms with Crippen molar-refractivity contribution in [3.63, 3.8) is 0 Å². The second-order valence-corrected chi connectivity index (χ2v) is 3.40. The first kappa shape index (κ1) is 8.23. The summed E-state index contributed by atoms with van der Waals surface area (Å²) in [6.07, 6.45) is 5.22. The van der Waals surface area contributed by atoms with Gasteiger partial charge >= 0.3 is 0 Å². The highest BCUT2D eigenvalue weighted by Crippen LogP contribution is 2.28. The maximum Gasteiger partial charge on any atom is 0.136 e. The molecular formula is C11H9N3O. The van der Waals surface area contributed by atoms with Crippen LogP contribution in [0.5, 0.6) is 0 Å². The molecule has 74 valence electrons. The van der Waals surface area contributed by atoms with E-state index >= 15 is 0 Å². The van der Waals surface area contributed by atoms with E-state index in [1.165, 1.54) is 0 Å². The lowest BCUT2D eigenvalue weighted by atomic mass is 10.1.